The van der Waals surface area contributed by atoms with Crippen molar-refractivity contribution in [3.05, 3.63) is 64.7 Å². The molecule has 0 saturated heterocycles. The number of esters is 1. The van der Waals surface area contributed by atoms with E-state index in [0.29, 0.717) is 30.8 Å². The summed E-state index contributed by atoms with van der Waals surface area (Å²) in [6.45, 7) is 6.12. The van der Waals surface area contributed by atoms with E-state index in [4.69, 9.17) is 4.74 Å². The van der Waals surface area contributed by atoms with Crippen LogP contribution >= 0.6 is 0 Å². The quantitative estimate of drug-likeness (QED) is 0.398. The zero-order valence-corrected chi connectivity index (χ0v) is 20.1. The van der Waals surface area contributed by atoms with E-state index in [1.807, 2.05) is 20.8 Å². The fraction of sp³-hybridized carbons (Fsp3) is 0.346. The van der Waals surface area contributed by atoms with E-state index in [-0.39, 0.29) is 34.4 Å². The summed E-state index contributed by atoms with van der Waals surface area (Å²) in [6, 6.07) is 10.7. The van der Waals surface area contributed by atoms with Gasteiger partial charge < -0.3 is 15.4 Å². The van der Waals surface area contributed by atoms with Gasteiger partial charge in [0.1, 0.15) is 0 Å². The minimum atomic E-state index is -0.807. The lowest BCUT2D eigenvalue weighted by molar-refractivity contribution is -0.119. The molecule has 3 rings (SSSR count). The highest BCUT2D eigenvalue weighted by Crippen LogP contribution is 2.25. The van der Waals surface area contributed by atoms with Gasteiger partial charge in [-0.05, 0) is 42.7 Å². The Morgan fingerprint density at radius 3 is 2.43 bits per heavy atom. The number of nitrogens with one attached hydrogen (secondary N) is 2. The number of rotatable bonds is 10. The molecule has 0 fully saturated rings. The van der Waals surface area contributed by atoms with Gasteiger partial charge in [0.15, 0.2) is 6.61 Å². The SMILES string of the molecule is CCCCN1C(=O)c2ccc(C(=O)OCC(=O)Nc3ccccc3C(=O)NCC(C)C)cc2C1=O. The molecule has 2 N–H and O–H groups in total. The van der Waals surface area contributed by atoms with Gasteiger partial charge in [-0.1, -0.05) is 39.3 Å². The van der Waals surface area contributed by atoms with E-state index in [9.17, 15) is 24.0 Å². The first-order valence-electron chi connectivity index (χ1n) is 11.6. The van der Waals surface area contributed by atoms with Crippen molar-refractivity contribution in [3.63, 3.8) is 0 Å². The molecule has 9 heteroatoms. The third kappa shape index (κ3) is 6.11. The van der Waals surface area contributed by atoms with Crippen LogP contribution in [0.5, 0.6) is 0 Å². The minimum absolute atomic E-state index is 0.0588. The number of ether oxygens (including phenoxy) is 1. The van der Waals surface area contributed by atoms with Crippen LogP contribution in [0.3, 0.4) is 0 Å². The second kappa shape index (κ2) is 11.4. The topological polar surface area (TPSA) is 122 Å². The molecule has 0 unspecified atom stereocenters. The lowest BCUT2D eigenvalue weighted by Crippen LogP contribution is -2.30. The molecule has 0 saturated carbocycles. The third-order valence-electron chi connectivity index (χ3n) is 5.39. The molecular formula is C26H29N3O6. The summed E-state index contributed by atoms with van der Waals surface area (Å²) in [6.07, 6.45) is 1.53. The number of unbranched alkanes of at least 4 members (excludes halogenated alkanes) is 1. The van der Waals surface area contributed by atoms with Crippen molar-refractivity contribution in [1.82, 2.24) is 10.2 Å². The van der Waals surface area contributed by atoms with Crippen LogP contribution < -0.4 is 10.6 Å². The Bertz CT molecular complexity index is 1160. The highest BCUT2D eigenvalue weighted by molar-refractivity contribution is 6.22. The number of carbonyl (C=O) groups is 5. The molecule has 0 bridgehead atoms. The van der Waals surface area contributed by atoms with E-state index < -0.39 is 24.4 Å². The number of carbonyl (C=O) groups excluding carboxylic acids is 5. The highest BCUT2D eigenvalue weighted by Gasteiger charge is 2.35. The molecular weight excluding hydrogens is 450 g/mol. The lowest BCUT2D eigenvalue weighted by Gasteiger charge is -2.12. The summed E-state index contributed by atoms with van der Waals surface area (Å²) < 4.78 is 5.09. The first kappa shape index (κ1) is 25.6. The molecule has 0 aromatic heterocycles. The molecule has 2 aromatic carbocycles. The zero-order chi connectivity index (χ0) is 25.5. The van der Waals surface area contributed by atoms with Gasteiger partial charge in [0, 0.05) is 13.1 Å². The molecule has 184 valence electrons. The molecule has 0 spiro atoms. The lowest BCUT2D eigenvalue weighted by atomic mass is 10.1. The monoisotopic (exact) mass is 479 g/mol. The zero-order valence-electron chi connectivity index (χ0n) is 20.1. The summed E-state index contributed by atoms with van der Waals surface area (Å²) in [5, 5.41) is 5.38. The Hall–Kier alpha value is -4.01. The molecule has 0 atom stereocenters. The average Bonchev–Trinajstić information content (AvgIpc) is 3.08. The van der Waals surface area contributed by atoms with Crippen LogP contribution in [0.2, 0.25) is 0 Å². The number of amides is 4. The molecule has 4 amide bonds. The van der Waals surface area contributed by atoms with Crippen molar-refractivity contribution < 1.29 is 28.7 Å². The van der Waals surface area contributed by atoms with Crippen molar-refractivity contribution in [2.24, 2.45) is 5.92 Å². The summed E-state index contributed by atoms with van der Waals surface area (Å²) in [5.74, 6) is -2.31. The van der Waals surface area contributed by atoms with Crippen LogP contribution in [0.1, 0.15) is 75.0 Å². The summed E-state index contributed by atoms with van der Waals surface area (Å²) >= 11 is 0. The van der Waals surface area contributed by atoms with Gasteiger partial charge in [-0.2, -0.15) is 0 Å². The Morgan fingerprint density at radius 1 is 1.00 bits per heavy atom. The first-order chi connectivity index (χ1) is 16.7. The standard InChI is InChI=1S/C26H29N3O6/c1-4-5-12-29-24(32)18-11-10-17(13-20(18)25(29)33)26(34)35-15-22(30)28-21-9-7-6-8-19(21)23(31)27-14-16(2)3/h6-11,13,16H,4-5,12,14-15H2,1-3H3,(H,27,31)(H,28,30). The molecule has 1 aliphatic rings. The van der Waals surface area contributed by atoms with Crippen LogP contribution in [0.15, 0.2) is 42.5 Å². The predicted molar refractivity (Wildman–Crippen MR) is 129 cm³/mol. The Kier molecular flexibility index (Phi) is 8.35. The molecule has 0 aliphatic carbocycles. The normalized spacial score (nSPS) is 12.5. The minimum Gasteiger partial charge on any atom is -0.452 e. The van der Waals surface area contributed by atoms with E-state index >= 15 is 0 Å². The maximum absolute atomic E-state index is 12.6. The maximum atomic E-state index is 12.6. The summed E-state index contributed by atoms with van der Waals surface area (Å²) in [7, 11) is 0. The van der Waals surface area contributed by atoms with E-state index in [2.05, 4.69) is 10.6 Å². The Morgan fingerprint density at radius 2 is 1.71 bits per heavy atom. The number of hydrogen-bond donors (Lipinski definition) is 2. The molecule has 1 heterocycles. The molecule has 2 aromatic rings. The number of nitrogens with zero attached hydrogens (tertiary/aromatic N) is 1. The average molecular weight is 480 g/mol. The molecule has 9 nitrogen and oxygen atoms in total. The third-order valence-corrected chi connectivity index (χ3v) is 5.39. The first-order valence-corrected chi connectivity index (χ1v) is 11.6. The number of benzene rings is 2. The van der Waals surface area contributed by atoms with E-state index in [1.165, 1.54) is 23.1 Å². The number of anilines is 1. The number of imide groups is 1. The van der Waals surface area contributed by atoms with Crippen LogP contribution in [-0.2, 0) is 9.53 Å². The summed E-state index contributed by atoms with van der Waals surface area (Å²) in [5.41, 5.74) is 1.04. The number of fused-ring (bicyclic) bond motifs is 1. The van der Waals surface area contributed by atoms with E-state index in [1.54, 1.807) is 24.3 Å². The van der Waals surface area contributed by atoms with E-state index in [0.717, 1.165) is 6.42 Å². The smallest absolute Gasteiger partial charge is 0.338 e. The van der Waals surface area contributed by atoms with Gasteiger partial charge in [0.2, 0.25) is 0 Å². The van der Waals surface area contributed by atoms with Crippen molar-refractivity contribution in [3.8, 4) is 0 Å². The van der Waals surface area contributed by atoms with Crippen molar-refractivity contribution in [1.29, 1.82) is 0 Å². The van der Waals surface area contributed by atoms with Crippen molar-refractivity contribution in [2.45, 2.75) is 33.6 Å². The fourth-order valence-electron chi connectivity index (χ4n) is 3.52. The van der Waals surface area contributed by atoms with Crippen LogP contribution in [0.25, 0.3) is 0 Å². The summed E-state index contributed by atoms with van der Waals surface area (Å²) in [4.78, 5) is 63.5. The van der Waals surface area contributed by atoms with Crippen LogP contribution in [0.4, 0.5) is 5.69 Å². The molecule has 0 radical (unpaired) electrons. The van der Waals surface area contributed by atoms with Gasteiger partial charge in [0.05, 0.1) is 27.9 Å². The van der Waals surface area contributed by atoms with Gasteiger partial charge >= 0.3 is 5.97 Å². The second-order valence-electron chi connectivity index (χ2n) is 8.65. The van der Waals surface area contributed by atoms with Gasteiger partial charge in [-0.15, -0.1) is 0 Å². The van der Waals surface area contributed by atoms with Crippen molar-refractivity contribution in [2.75, 3.05) is 25.0 Å². The van der Waals surface area contributed by atoms with Crippen LogP contribution in [-0.4, -0.2) is 54.2 Å². The fourth-order valence-corrected chi connectivity index (χ4v) is 3.52. The number of hydrogen-bond acceptors (Lipinski definition) is 6. The van der Waals surface area contributed by atoms with Gasteiger partial charge in [-0.3, -0.25) is 24.1 Å². The molecule has 1 aliphatic heterocycles. The second-order valence-corrected chi connectivity index (χ2v) is 8.65. The maximum Gasteiger partial charge on any atom is 0.338 e. The largest absolute Gasteiger partial charge is 0.452 e. The number of para-hydroxylation sites is 1. The molecule has 35 heavy (non-hydrogen) atoms. The predicted octanol–water partition coefficient (Wildman–Crippen LogP) is 3.26. The highest BCUT2D eigenvalue weighted by atomic mass is 16.5. The van der Waals surface area contributed by atoms with Crippen molar-refractivity contribution >= 4 is 35.3 Å². The Labute approximate surface area is 203 Å². The van der Waals surface area contributed by atoms with Gasteiger partial charge in [0.25, 0.3) is 23.6 Å². The van der Waals surface area contributed by atoms with Crippen LogP contribution in [0, 0.1) is 5.92 Å². The Balaban J connectivity index is 1.61. The van der Waals surface area contributed by atoms with Gasteiger partial charge in [-0.25, -0.2) is 4.79 Å².